The molecular weight excluding hydrogens is 278 g/mol. The molecule has 21 heavy (non-hydrogen) atoms. The highest BCUT2D eigenvalue weighted by Gasteiger charge is 2.32. The van der Waals surface area contributed by atoms with Gasteiger partial charge in [0, 0.05) is 5.56 Å². The van der Waals surface area contributed by atoms with Crippen LogP contribution in [0, 0.1) is 11.6 Å². The summed E-state index contributed by atoms with van der Waals surface area (Å²) in [5, 5.41) is 0. The van der Waals surface area contributed by atoms with Gasteiger partial charge in [-0.3, -0.25) is 5.84 Å². The molecule has 0 fully saturated rings. The Labute approximate surface area is 120 Å². The van der Waals surface area contributed by atoms with Crippen LogP contribution in [0.15, 0.2) is 42.5 Å². The Hall–Kier alpha value is -2.18. The van der Waals surface area contributed by atoms with Crippen molar-refractivity contribution in [3.63, 3.8) is 0 Å². The van der Waals surface area contributed by atoms with Crippen LogP contribution >= 0.6 is 0 Å². The summed E-state index contributed by atoms with van der Waals surface area (Å²) in [5.74, 6) is 5.23. The summed E-state index contributed by atoms with van der Waals surface area (Å²) in [7, 11) is 0. The van der Waals surface area contributed by atoms with Crippen molar-refractivity contribution >= 4 is 0 Å². The number of halogens is 2. The van der Waals surface area contributed by atoms with Gasteiger partial charge in [-0.1, -0.05) is 18.2 Å². The van der Waals surface area contributed by atoms with Crippen LogP contribution in [0.25, 0.3) is 0 Å². The number of rotatable bonds is 3. The maximum absolute atomic E-state index is 13.9. The zero-order chi connectivity index (χ0) is 14.8. The second kappa shape index (κ2) is 5.67. The summed E-state index contributed by atoms with van der Waals surface area (Å²) in [5.41, 5.74) is 2.26. The van der Waals surface area contributed by atoms with Crippen LogP contribution in [0.1, 0.15) is 11.6 Å². The fraction of sp³-hybridized carbons (Fsp3) is 0.200. The van der Waals surface area contributed by atoms with Crippen LogP contribution in [-0.4, -0.2) is 12.7 Å². The molecule has 0 radical (unpaired) electrons. The molecule has 1 aliphatic rings. The fourth-order valence-corrected chi connectivity index (χ4v) is 2.38. The SMILES string of the molecule is NNC(c1c(F)cccc1F)C1COc2ccccc2O1. The highest BCUT2D eigenvalue weighted by Crippen LogP contribution is 2.35. The Morgan fingerprint density at radius 1 is 1.05 bits per heavy atom. The van der Waals surface area contributed by atoms with Crippen LogP contribution in [0.2, 0.25) is 0 Å². The molecule has 1 aliphatic heterocycles. The first-order chi connectivity index (χ1) is 10.2. The first kappa shape index (κ1) is 13.8. The van der Waals surface area contributed by atoms with E-state index in [2.05, 4.69) is 5.43 Å². The molecule has 0 spiro atoms. The highest BCUT2D eigenvalue weighted by molar-refractivity contribution is 5.41. The van der Waals surface area contributed by atoms with Gasteiger partial charge in [0.15, 0.2) is 17.6 Å². The molecular formula is C15H14F2N2O2. The predicted molar refractivity (Wildman–Crippen MR) is 72.8 cm³/mol. The van der Waals surface area contributed by atoms with Gasteiger partial charge in [-0.05, 0) is 24.3 Å². The minimum Gasteiger partial charge on any atom is -0.486 e. The molecule has 2 aromatic carbocycles. The average molecular weight is 292 g/mol. The Morgan fingerprint density at radius 2 is 1.71 bits per heavy atom. The van der Waals surface area contributed by atoms with E-state index in [1.807, 2.05) is 6.07 Å². The van der Waals surface area contributed by atoms with Gasteiger partial charge in [-0.2, -0.15) is 0 Å². The van der Waals surface area contributed by atoms with Gasteiger partial charge in [-0.25, -0.2) is 14.2 Å². The maximum Gasteiger partial charge on any atom is 0.161 e. The molecule has 110 valence electrons. The summed E-state index contributed by atoms with van der Waals surface area (Å²) in [4.78, 5) is 0. The van der Waals surface area contributed by atoms with Crippen molar-refractivity contribution in [2.75, 3.05) is 6.61 Å². The quantitative estimate of drug-likeness (QED) is 0.673. The predicted octanol–water partition coefficient (Wildman–Crippen LogP) is 2.31. The van der Waals surface area contributed by atoms with Gasteiger partial charge in [0.1, 0.15) is 18.2 Å². The minimum atomic E-state index is -0.862. The Morgan fingerprint density at radius 3 is 2.38 bits per heavy atom. The van der Waals surface area contributed by atoms with Gasteiger partial charge in [0.05, 0.1) is 6.04 Å². The third-order valence-electron chi connectivity index (χ3n) is 3.39. The standard InChI is InChI=1S/C15H14F2N2O2/c16-9-4-3-5-10(17)14(9)15(19-18)13-8-20-11-6-1-2-7-12(11)21-13/h1-7,13,15,19H,8,18H2. The zero-order valence-electron chi connectivity index (χ0n) is 11.1. The molecule has 0 aliphatic carbocycles. The van der Waals surface area contributed by atoms with Crippen LogP contribution in [-0.2, 0) is 0 Å². The highest BCUT2D eigenvalue weighted by atomic mass is 19.1. The third kappa shape index (κ3) is 2.55. The molecule has 0 bridgehead atoms. The van der Waals surface area contributed by atoms with E-state index in [4.69, 9.17) is 15.3 Å². The lowest BCUT2D eigenvalue weighted by molar-refractivity contribution is 0.0596. The lowest BCUT2D eigenvalue weighted by Crippen LogP contribution is -2.45. The van der Waals surface area contributed by atoms with Gasteiger partial charge in [0.25, 0.3) is 0 Å². The lowest BCUT2D eigenvalue weighted by atomic mass is 10.0. The van der Waals surface area contributed by atoms with E-state index < -0.39 is 23.8 Å². The molecule has 1 heterocycles. The Balaban J connectivity index is 1.92. The van der Waals surface area contributed by atoms with E-state index in [0.717, 1.165) is 0 Å². The maximum atomic E-state index is 13.9. The van der Waals surface area contributed by atoms with Crippen molar-refractivity contribution in [2.24, 2.45) is 5.84 Å². The lowest BCUT2D eigenvalue weighted by Gasteiger charge is -2.32. The summed E-state index contributed by atoms with van der Waals surface area (Å²) >= 11 is 0. The number of hydrogen-bond donors (Lipinski definition) is 2. The smallest absolute Gasteiger partial charge is 0.161 e. The van der Waals surface area contributed by atoms with Crippen molar-refractivity contribution in [3.8, 4) is 11.5 Å². The number of nitrogens with two attached hydrogens (primary N) is 1. The van der Waals surface area contributed by atoms with E-state index in [1.54, 1.807) is 18.2 Å². The van der Waals surface area contributed by atoms with Crippen molar-refractivity contribution in [1.29, 1.82) is 0 Å². The number of fused-ring (bicyclic) bond motifs is 1. The number of hydrazine groups is 1. The average Bonchev–Trinajstić information content (AvgIpc) is 2.50. The summed E-state index contributed by atoms with van der Waals surface area (Å²) < 4.78 is 39.1. The van der Waals surface area contributed by atoms with Gasteiger partial charge >= 0.3 is 0 Å². The number of ether oxygens (including phenoxy) is 2. The Kier molecular flexibility index (Phi) is 3.72. The summed E-state index contributed by atoms with van der Waals surface area (Å²) in [6.07, 6.45) is -0.642. The fourth-order valence-electron chi connectivity index (χ4n) is 2.38. The van der Waals surface area contributed by atoms with Crippen molar-refractivity contribution < 1.29 is 18.3 Å². The molecule has 0 amide bonds. The zero-order valence-corrected chi connectivity index (χ0v) is 11.1. The second-order valence-electron chi connectivity index (χ2n) is 4.69. The number of nitrogens with one attached hydrogen (secondary N) is 1. The van der Waals surface area contributed by atoms with Crippen LogP contribution in [0.4, 0.5) is 8.78 Å². The molecule has 0 saturated carbocycles. The molecule has 2 atom stereocenters. The number of hydrogen-bond acceptors (Lipinski definition) is 4. The molecule has 6 heteroatoms. The molecule has 3 rings (SSSR count). The van der Waals surface area contributed by atoms with Gasteiger partial charge in [-0.15, -0.1) is 0 Å². The largest absolute Gasteiger partial charge is 0.486 e. The summed E-state index contributed by atoms with van der Waals surface area (Å²) in [6, 6.07) is 9.90. The first-order valence-corrected chi connectivity index (χ1v) is 6.49. The first-order valence-electron chi connectivity index (χ1n) is 6.49. The van der Waals surface area contributed by atoms with Gasteiger partial charge in [0.2, 0.25) is 0 Å². The molecule has 2 aromatic rings. The van der Waals surface area contributed by atoms with E-state index in [0.29, 0.717) is 11.5 Å². The minimum absolute atomic E-state index is 0.139. The van der Waals surface area contributed by atoms with E-state index >= 15 is 0 Å². The van der Waals surface area contributed by atoms with Crippen molar-refractivity contribution in [2.45, 2.75) is 12.1 Å². The van der Waals surface area contributed by atoms with Gasteiger partial charge < -0.3 is 9.47 Å². The molecule has 3 N–H and O–H groups in total. The second-order valence-corrected chi connectivity index (χ2v) is 4.69. The van der Waals surface area contributed by atoms with E-state index in [9.17, 15) is 8.78 Å². The Bertz CT molecular complexity index is 631. The molecule has 4 nitrogen and oxygen atoms in total. The third-order valence-corrected chi connectivity index (χ3v) is 3.39. The van der Waals surface area contributed by atoms with Crippen molar-refractivity contribution in [3.05, 3.63) is 59.7 Å². The number of para-hydroxylation sites is 2. The molecule has 0 aromatic heterocycles. The van der Waals surface area contributed by atoms with E-state index in [-0.39, 0.29) is 12.2 Å². The van der Waals surface area contributed by atoms with E-state index in [1.165, 1.54) is 18.2 Å². The van der Waals surface area contributed by atoms with Crippen molar-refractivity contribution in [1.82, 2.24) is 5.43 Å². The molecule has 2 unspecified atom stereocenters. The topological polar surface area (TPSA) is 56.5 Å². The number of benzene rings is 2. The van der Waals surface area contributed by atoms with Crippen LogP contribution < -0.4 is 20.7 Å². The normalized spacial score (nSPS) is 18.3. The summed E-state index contributed by atoms with van der Waals surface area (Å²) in [6.45, 7) is 0.139. The molecule has 0 saturated heterocycles. The van der Waals surface area contributed by atoms with Crippen LogP contribution in [0.3, 0.4) is 0 Å². The monoisotopic (exact) mass is 292 g/mol. The van der Waals surface area contributed by atoms with Crippen LogP contribution in [0.5, 0.6) is 11.5 Å².